The maximum Gasteiger partial charge on any atom is 0.416 e. The van der Waals surface area contributed by atoms with Gasteiger partial charge in [0.25, 0.3) is 0 Å². The van der Waals surface area contributed by atoms with E-state index in [-0.39, 0.29) is 31.9 Å². The van der Waals surface area contributed by atoms with E-state index in [2.05, 4.69) is 0 Å². The molecule has 1 aliphatic carbocycles. The Bertz CT molecular complexity index is 1740. The highest BCUT2D eigenvalue weighted by Crippen LogP contribution is 2.44. The van der Waals surface area contributed by atoms with Gasteiger partial charge in [0, 0.05) is 33.0 Å². The molecule has 0 fully saturated rings. The van der Waals surface area contributed by atoms with Gasteiger partial charge < -0.3 is 19.6 Å². The number of hydrogen-bond donors (Lipinski definition) is 1. The number of aliphatic carboxylic acids is 1. The van der Waals surface area contributed by atoms with E-state index in [1.807, 2.05) is 55.5 Å². The molecular weight excluding hydrogens is 639 g/mol. The van der Waals surface area contributed by atoms with Gasteiger partial charge in [-0.15, -0.1) is 0 Å². The van der Waals surface area contributed by atoms with Crippen LogP contribution in [0.25, 0.3) is 11.1 Å². The maximum absolute atomic E-state index is 14.4. The summed E-state index contributed by atoms with van der Waals surface area (Å²) in [5.41, 5.74) is 5.24. The van der Waals surface area contributed by atoms with Crippen molar-refractivity contribution in [2.24, 2.45) is 0 Å². The van der Waals surface area contributed by atoms with Crippen LogP contribution in [0.15, 0.2) is 83.9 Å². The van der Waals surface area contributed by atoms with Gasteiger partial charge in [0.1, 0.15) is 25.2 Å². The van der Waals surface area contributed by atoms with Gasteiger partial charge >= 0.3 is 18.2 Å². The van der Waals surface area contributed by atoms with E-state index in [1.54, 1.807) is 6.92 Å². The van der Waals surface area contributed by atoms with Gasteiger partial charge in [-0.05, 0) is 60.2 Å². The number of carbonyl (C=O) groups is 4. The largest absolute Gasteiger partial charge is 0.480 e. The molecule has 0 spiro atoms. The van der Waals surface area contributed by atoms with Crippen LogP contribution in [0.1, 0.15) is 48.4 Å². The summed E-state index contributed by atoms with van der Waals surface area (Å²) in [6.07, 6.45) is -5.32. The number of alkyl halides is 3. The van der Waals surface area contributed by atoms with Crippen molar-refractivity contribution in [1.82, 2.24) is 14.7 Å². The monoisotopic (exact) mass is 677 g/mol. The molecule has 1 N–H and O–H groups in total. The number of carbonyl (C=O) groups excluding carboxylic acids is 3. The summed E-state index contributed by atoms with van der Waals surface area (Å²) in [5.74, 6) is -2.75. The molecule has 9 nitrogen and oxygen atoms in total. The number of nitrogens with zero attached hydrogens (tertiary/aromatic N) is 3. The lowest BCUT2D eigenvalue weighted by molar-refractivity contribution is -0.150. The van der Waals surface area contributed by atoms with Gasteiger partial charge in [-0.1, -0.05) is 71.8 Å². The van der Waals surface area contributed by atoms with Crippen LogP contribution in [0, 0.1) is 0 Å². The second-order valence-electron chi connectivity index (χ2n) is 12.7. The third-order valence-corrected chi connectivity index (χ3v) is 9.42. The highest BCUT2D eigenvalue weighted by Gasteiger charge is 2.41. The van der Waals surface area contributed by atoms with E-state index in [9.17, 15) is 37.5 Å². The lowest BCUT2D eigenvalue weighted by Gasteiger charge is -2.36. The fourth-order valence-electron chi connectivity index (χ4n) is 6.52. The Hall–Kier alpha value is -5.13. The van der Waals surface area contributed by atoms with E-state index < -0.39 is 54.2 Å². The molecule has 3 amide bonds. The van der Waals surface area contributed by atoms with E-state index >= 15 is 0 Å². The quantitative estimate of drug-likeness (QED) is 0.280. The topological polar surface area (TPSA) is 107 Å². The number of benzene rings is 3. The highest BCUT2D eigenvalue weighted by atomic mass is 19.4. The van der Waals surface area contributed by atoms with Crippen molar-refractivity contribution in [1.29, 1.82) is 0 Å². The van der Waals surface area contributed by atoms with Crippen LogP contribution in [0.4, 0.5) is 18.0 Å². The molecule has 12 heteroatoms. The smallest absolute Gasteiger partial charge is 0.416 e. The van der Waals surface area contributed by atoms with Crippen molar-refractivity contribution in [3.8, 4) is 11.1 Å². The molecule has 3 aromatic rings. The maximum atomic E-state index is 14.4. The number of likely N-dealkylation sites (N-methyl/N-ethyl adjacent to an activating group) is 2. The van der Waals surface area contributed by atoms with Crippen LogP contribution >= 0.6 is 0 Å². The second-order valence-corrected chi connectivity index (χ2v) is 12.7. The van der Waals surface area contributed by atoms with E-state index in [0.29, 0.717) is 5.56 Å². The Morgan fingerprint density at radius 3 is 2.04 bits per heavy atom. The minimum absolute atomic E-state index is 0.00233. The number of hydrogen-bond acceptors (Lipinski definition) is 5. The zero-order valence-corrected chi connectivity index (χ0v) is 27.7. The molecule has 0 saturated heterocycles. The van der Waals surface area contributed by atoms with Crippen molar-refractivity contribution < 1.29 is 42.2 Å². The molecule has 2 aliphatic rings. The van der Waals surface area contributed by atoms with Gasteiger partial charge in [-0.25, -0.2) is 4.79 Å². The molecule has 49 heavy (non-hydrogen) atoms. The van der Waals surface area contributed by atoms with Crippen LogP contribution in [0.3, 0.4) is 0 Å². The molecule has 1 heterocycles. The van der Waals surface area contributed by atoms with Gasteiger partial charge in [0.05, 0.1) is 5.56 Å². The fourth-order valence-corrected chi connectivity index (χ4v) is 6.52. The first-order valence-corrected chi connectivity index (χ1v) is 15.8. The van der Waals surface area contributed by atoms with Gasteiger partial charge in [-0.2, -0.15) is 13.2 Å². The first kappa shape index (κ1) is 35.2. The highest BCUT2D eigenvalue weighted by molar-refractivity contribution is 5.93. The zero-order valence-electron chi connectivity index (χ0n) is 27.7. The lowest BCUT2D eigenvalue weighted by Crippen LogP contribution is -2.57. The van der Waals surface area contributed by atoms with Crippen LogP contribution in [0.5, 0.6) is 0 Å². The summed E-state index contributed by atoms with van der Waals surface area (Å²) in [6.45, 7) is 3.00. The van der Waals surface area contributed by atoms with Crippen molar-refractivity contribution in [3.05, 3.63) is 106 Å². The van der Waals surface area contributed by atoms with E-state index in [1.165, 1.54) is 36.0 Å². The number of amides is 3. The van der Waals surface area contributed by atoms with Crippen LogP contribution < -0.4 is 0 Å². The molecule has 0 bridgehead atoms. The predicted molar refractivity (Wildman–Crippen MR) is 176 cm³/mol. The Labute approximate surface area is 282 Å². The van der Waals surface area contributed by atoms with Gasteiger partial charge in [0.15, 0.2) is 0 Å². The van der Waals surface area contributed by atoms with Gasteiger partial charge in [-0.3, -0.25) is 19.3 Å². The first-order chi connectivity index (χ1) is 23.2. The van der Waals surface area contributed by atoms with Gasteiger partial charge in [0.2, 0.25) is 11.8 Å². The van der Waals surface area contributed by atoms with Crippen molar-refractivity contribution >= 4 is 23.9 Å². The third kappa shape index (κ3) is 7.48. The summed E-state index contributed by atoms with van der Waals surface area (Å²) in [7, 11) is 2.74. The average molecular weight is 678 g/mol. The molecule has 2 atom stereocenters. The number of halogens is 3. The summed E-state index contributed by atoms with van der Waals surface area (Å²) in [5, 5.41) is 9.36. The van der Waals surface area contributed by atoms with Crippen molar-refractivity contribution in [3.63, 3.8) is 0 Å². The number of ether oxygens (including phenoxy) is 1. The van der Waals surface area contributed by atoms with Crippen LogP contribution in [0.2, 0.25) is 0 Å². The summed E-state index contributed by atoms with van der Waals surface area (Å²) in [6, 6.07) is 17.7. The number of fused-ring (bicyclic) bond motifs is 3. The van der Waals surface area contributed by atoms with E-state index in [0.717, 1.165) is 50.4 Å². The molecule has 0 unspecified atom stereocenters. The molecule has 0 aromatic heterocycles. The molecule has 0 saturated carbocycles. The number of carboxylic acids is 1. The Morgan fingerprint density at radius 1 is 0.918 bits per heavy atom. The van der Waals surface area contributed by atoms with Crippen LogP contribution in [-0.2, 0) is 31.7 Å². The predicted octanol–water partition coefficient (Wildman–Crippen LogP) is 5.98. The lowest BCUT2D eigenvalue weighted by atomic mass is 9.98. The Morgan fingerprint density at radius 2 is 1.49 bits per heavy atom. The number of rotatable bonds is 9. The summed E-state index contributed by atoms with van der Waals surface area (Å²) >= 11 is 0. The minimum Gasteiger partial charge on any atom is -0.480 e. The molecular formula is C37H38F3N3O6. The second kappa shape index (κ2) is 14.2. The van der Waals surface area contributed by atoms with Crippen LogP contribution in [-0.4, -0.2) is 89.6 Å². The molecule has 3 aromatic carbocycles. The molecule has 258 valence electrons. The zero-order chi connectivity index (χ0) is 35.6. The molecule has 5 rings (SSSR count). The minimum atomic E-state index is -4.56. The Kier molecular flexibility index (Phi) is 10.2. The summed E-state index contributed by atoms with van der Waals surface area (Å²) < 4.78 is 45.6. The van der Waals surface area contributed by atoms with Crippen molar-refractivity contribution in [2.75, 3.05) is 33.8 Å². The van der Waals surface area contributed by atoms with Crippen molar-refractivity contribution in [2.45, 2.75) is 50.9 Å². The standard InChI is InChI=1S/C37H38F3N3O6/c1-22-17-31(42(4)36(48)49-21-30-28-11-7-5-9-26(28)27-10-6-8-12-29(27)30)35(47)43(19-23(22)2)32(34(46)41(3)20-33(44)45)18-24-13-15-25(16-14-24)37(38,39)40/h5-16,30-32H,17-21H2,1-4H3,(H,44,45)/t31-,32+/m1/s1. The molecule has 0 radical (unpaired) electrons. The normalized spacial score (nSPS) is 16.8. The third-order valence-electron chi connectivity index (χ3n) is 9.42. The van der Waals surface area contributed by atoms with E-state index in [4.69, 9.17) is 4.74 Å². The Balaban J connectivity index is 1.40. The number of carboxylic acid groups (broad SMARTS) is 1. The SMILES string of the molecule is CC1=C(C)CN([C@@H](Cc2ccc(C(F)(F)F)cc2)C(=O)N(C)CC(=O)O)C(=O)[C@H](N(C)C(=O)OCC2c3ccccc3-c3ccccc32)C1. The average Bonchev–Trinajstić information content (AvgIpc) is 3.33. The fraction of sp³-hybridized carbons (Fsp3) is 0.351. The summed E-state index contributed by atoms with van der Waals surface area (Å²) in [4.78, 5) is 56.7. The first-order valence-electron chi connectivity index (χ1n) is 15.8. The molecule has 1 aliphatic heterocycles.